The molecule has 5 rings (SSSR count). The molecule has 0 radical (unpaired) electrons. The minimum atomic E-state index is -0.317. The van der Waals surface area contributed by atoms with Crippen LogP contribution in [0.2, 0.25) is 0 Å². The van der Waals surface area contributed by atoms with Crippen molar-refractivity contribution in [3.8, 4) is 0 Å². The van der Waals surface area contributed by atoms with Crippen molar-refractivity contribution in [2.45, 2.75) is 33.4 Å². The quantitative estimate of drug-likeness (QED) is 0.453. The molecule has 0 bridgehead atoms. The Morgan fingerprint density at radius 3 is 2.50 bits per heavy atom. The first kappa shape index (κ1) is 21.9. The Kier molecular flexibility index (Phi) is 5.88. The SMILES string of the molecule is CC(C)Cn1nc(C(=O)Nc2ccccc2CN2CCc3ccccc32)c2ccccc2c1=O. The molecule has 0 saturated carbocycles. The van der Waals surface area contributed by atoms with Gasteiger partial charge in [0.15, 0.2) is 5.69 Å². The molecule has 6 nitrogen and oxygen atoms in total. The van der Waals surface area contributed by atoms with Gasteiger partial charge in [-0.15, -0.1) is 0 Å². The van der Waals surface area contributed by atoms with Crippen LogP contribution in [-0.4, -0.2) is 22.2 Å². The van der Waals surface area contributed by atoms with Gasteiger partial charge in [0.25, 0.3) is 11.5 Å². The highest BCUT2D eigenvalue weighted by Gasteiger charge is 2.21. The third-order valence-electron chi connectivity index (χ3n) is 6.23. The van der Waals surface area contributed by atoms with Gasteiger partial charge in [-0.05, 0) is 41.7 Å². The van der Waals surface area contributed by atoms with E-state index in [9.17, 15) is 9.59 Å². The largest absolute Gasteiger partial charge is 0.367 e. The number of carbonyl (C=O) groups is 1. The predicted molar refractivity (Wildman–Crippen MR) is 136 cm³/mol. The maximum Gasteiger partial charge on any atom is 0.276 e. The predicted octanol–water partition coefficient (Wildman–Crippen LogP) is 4.87. The molecule has 0 unspecified atom stereocenters. The second-order valence-corrected chi connectivity index (χ2v) is 9.19. The van der Waals surface area contributed by atoms with E-state index >= 15 is 0 Å². The lowest BCUT2D eigenvalue weighted by atomic mass is 10.1. The van der Waals surface area contributed by atoms with E-state index in [0.717, 1.165) is 24.2 Å². The van der Waals surface area contributed by atoms with Gasteiger partial charge in [0.2, 0.25) is 0 Å². The maximum absolute atomic E-state index is 13.5. The van der Waals surface area contributed by atoms with E-state index in [4.69, 9.17) is 0 Å². The van der Waals surface area contributed by atoms with Gasteiger partial charge in [0.05, 0.1) is 5.39 Å². The number of para-hydroxylation sites is 2. The Labute approximate surface area is 198 Å². The molecule has 2 heterocycles. The van der Waals surface area contributed by atoms with Crippen LogP contribution in [0.25, 0.3) is 10.8 Å². The lowest BCUT2D eigenvalue weighted by Crippen LogP contribution is -2.29. The van der Waals surface area contributed by atoms with Crippen LogP contribution < -0.4 is 15.8 Å². The Bertz CT molecular complexity index is 1420. The molecule has 172 valence electrons. The number of rotatable bonds is 6. The second kappa shape index (κ2) is 9.14. The molecule has 0 saturated heterocycles. The second-order valence-electron chi connectivity index (χ2n) is 9.19. The summed E-state index contributed by atoms with van der Waals surface area (Å²) in [4.78, 5) is 28.7. The number of anilines is 2. The molecule has 0 spiro atoms. The summed E-state index contributed by atoms with van der Waals surface area (Å²) in [6.45, 7) is 6.16. The molecule has 1 amide bonds. The fraction of sp³-hybridized carbons (Fsp3) is 0.250. The minimum Gasteiger partial charge on any atom is -0.367 e. The molecule has 3 aromatic carbocycles. The first-order chi connectivity index (χ1) is 16.5. The average Bonchev–Trinajstić information content (AvgIpc) is 3.25. The summed E-state index contributed by atoms with van der Waals surface area (Å²) in [6, 6.07) is 23.5. The maximum atomic E-state index is 13.5. The Morgan fingerprint density at radius 2 is 1.68 bits per heavy atom. The highest BCUT2D eigenvalue weighted by atomic mass is 16.2. The van der Waals surface area contributed by atoms with Crippen molar-refractivity contribution < 1.29 is 4.79 Å². The van der Waals surface area contributed by atoms with Crippen molar-refractivity contribution in [3.63, 3.8) is 0 Å². The summed E-state index contributed by atoms with van der Waals surface area (Å²) in [5.74, 6) is -0.0886. The molecular formula is C28H28N4O2. The van der Waals surface area contributed by atoms with Gasteiger partial charge in [-0.2, -0.15) is 5.10 Å². The first-order valence-corrected chi connectivity index (χ1v) is 11.7. The zero-order valence-corrected chi connectivity index (χ0v) is 19.5. The zero-order chi connectivity index (χ0) is 23.7. The van der Waals surface area contributed by atoms with Crippen LogP contribution >= 0.6 is 0 Å². The fourth-order valence-electron chi connectivity index (χ4n) is 4.61. The fourth-order valence-corrected chi connectivity index (χ4v) is 4.61. The number of carbonyl (C=O) groups excluding carboxylic acids is 1. The van der Waals surface area contributed by atoms with Gasteiger partial charge in [-0.1, -0.05) is 68.4 Å². The topological polar surface area (TPSA) is 67.2 Å². The molecule has 6 heteroatoms. The van der Waals surface area contributed by atoms with Gasteiger partial charge in [0, 0.05) is 36.4 Å². The molecule has 0 aliphatic carbocycles. The number of fused-ring (bicyclic) bond motifs is 2. The van der Waals surface area contributed by atoms with Crippen molar-refractivity contribution in [1.82, 2.24) is 9.78 Å². The highest BCUT2D eigenvalue weighted by molar-refractivity contribution is 6.11. The number of nitrogens with one attached hydrogen (secondary N) is 1. The molecule has 0 atom stereocenters. The van der Waals surface area contributed by atoms with Crippen molar-refractivity contribution >= 4 is 28.1 Å². The van der Waals surface area contributed by atoms with E-state index in [-0.39, 0.29) is 23.1 Å². The van der Waals surface area contributed by atoms with Crippen LogP contribution in [0.1, 0.15) is 35.5 Å². The van der Waals surface area contributed by atoms with E-state index in [2.05, 4.69) is 39.6 Å². The van der Waals surface area contributed by atoms with Crippen molar-refractivity contribution in [2.24, 2.45) is 5.92 Å². The number of benzene rings is 3. The molecule has 1 N–H and O–H groups in total. The number of hydrogen-bond donors (Lipinski definition) is 1. The third-order valence-corrected chi connectivity index (χ3v) is 6.23. The summed E-state index contributed by atoms with van der Waals surface area (Å²) >= 11 is 0. The highest BCUT2D eigenvalue weighted by Crippen LogP contribution is 2.30. The number of aromatic nitrogens is 2. The van der Waals surface area contributed by atoms with E-state index in [1.54, 1.807) is 12.1 Å². The zero-order valence-electron chi connectivity index (χ0n) is 19.5. The molecule has 34 heavy (non-hydrogen) atoms. The lowest BCUT2D eigenvalue weighted by Gasteiger charge is -2.21. The van der Waals surface area contributed by atoms with E-state index in [1.165, 1.54) is 15.9 Å². The normalized spacial score (nSPS) is 12.9. The lowest BCUT2D eigenvalue weighted by molar-refractivity contribution is 0.102. The van der Waals surface area contributed by atoms with Crippen LogP contribution in [0, 0.1) is 5.92 Å². The standard InChI is InChI=1S/C28H28N4O2/c1-19(2)17-32-28(34)23-12-6-5-11-22(23)26(30-32)27(33)29-24-13-7-3-10-21(24)18-31-16-15-20-9-4-8-14-25(20)31/h3-14,19H,15-18H2,1-2H3,(H,29,33). The Morgan fingerprint density at radius 1 is 0.971 bits per heavy atom. The summed E-state index contributed by atoms with van der Waals surface area (Å²) in [5.41, 5.74) is 4.48. The van der Waals surface area contributed by atoms with Gasteiger partial charge in [-0.25, -0.2) is 4.68 Å². The monoisotopic (exact) mass is 452 g/mol. The molecular weight excluding hydrogens is 424 g/mol. The first-order valence-electron chi connectivity index (χ1n) is 11.7. The van der Waals surface area contributed by atoms with Crippen LogP contribution in [0.4, 0.5) is 11.4 Å². The number of hydrogen-bond acceptors (Lipinski definition) is 4. The molecule has 1 aliphatic rings. The summed E-state index contributed by atoms with van der Waals surface area (Å²) in [6.07, 6.45) is 1.03. The van der Waals surface area contributed by atoms with E-state index in [1.807, 2.05) is 50.2 Å². The van der Waals surface area contributed by atoms with Crippen molar-refractivity contribution in [1.29, 1.82) is 0 Å². The Balaban J connectivity index is 1.47. The molecule has 1 aliphatic heterocycles. The van der Waals surface area contributed by atoms with Gasteiger partial charge in [-0.3, -0.25) is 9.59 Å². The van der Waals surface area contributed by atoms with Crippen LogP contribution in [0.3, 0.4) is 0 Å². The van der Waals surface area contributed by atoms with Crippen molar-refractivity contribution in [3.05, 3.63) is 100.0 Å². The van der Waals surface area contributed by atoms with Gasteiger partial charge >= 0.3 is 0 Å². The smallest absolute Gasteiger partial charge is 0.276 e. The molecule has 1 aromatic heterocycles. The summed E-state index contributed by atoms with van der Waals surface area (Å²) in [5, 5.41) is 8.63. The van der Waals surface area contributed by atoms with Gasteiger partial charge in [0.1, 0.15) is 0 Å². The van der Waals surface area contributed by atoms with E-state index in [0.29, 0.717) is 23.9 Å². The van der Waals surface area contributed by atoms with Crippen LogP contribution in [0.5, 0.6) is 0 Å². The summed E-state index contributed by atoms with van der Waals surface area (Å²) < 4.78 is 1.41. The molecule has 4 aromatic rings. The summed E-state index contributed by atoms with van der Waals surface area (Å²) in [7, 11) is 0. The number of nitrogens with zero attached hydrogens (tertiary/aromatic N) is 3. The minimum absolute atomic E-state index is 0.172. The number of amides is 1. The molecule has 0 fully saturated rings. The van der Waals surface area contributed by atoms with Gasteiger partial charge < -0.3 is 10.2 Å². The average molecular weight is 453 g/mol. The van der Waals surface area contributed by atoms with Crippen molar-refractivity contribution in [2.75, 3.05) is 16.8 Å². The van der Waals surface area contributed by atoms with Crippen LogP contribution in [0.15, 0.2) is 77.6 Å². The Hall–Kier alpha value is -3.93. The van der Waals surface area contributed by atoms with Crippen LogP contribution in [-0.2, 0) is 19.5 Å². The van der Waals surface area contributed by atoms with E-state index < -0.39 is 0 Å². The third kappa shape index (κ3) is 4.19.